The molecule has 0 heterocycles. The third-order valence-electron chi connectivity index (χ3n) is 2.46. The van der Waals surface area contributed by atoms with Crippen LogP contribution in [-0.2, 0) is 14.3 Å². The van der Waals surface area contributed by atoms with Gasteiger partial charge in [0.25, 0.3) is 0 Å². The maximum atomic E-state index is 11.7. The molecule has 15 heavy (non-hydrogen) atoms. The molecule has 0 aromatic rings. The van der Waals surface area contributed by atoms with E-state index >= 15 is 0 Å². The standard InChI is InChI=1S/C12H20O3/c1-5-6-7-8-12(2,3)10(13)9-11(14)15-4/h5-6H,7-9H2,1-4H3/b6-5-. The first-order valence-electron chi connectivity index (χ1n) is 5.15. The van der Waals surface area contributed by atoms with Crippen LogP contribution in [0.1, 0.15) is 40.0 Å². The highest BCUT2D eigenvalue weighted by Gasteiger charge is 2.28. The summed E-state index contributed by atoms with van der Waals surface area (Å²) in [5.41, 5.74) is -0.451. The van der Waals surface area contributed by atoms with Gasteiger partial charge >= 0.3 is 5.97 Å². The van der Waals surface area contributed by atoms with Crippen LogP contribution in [0.4, 0.5) is 0 Å². The third-order valence-corrected chi connectivity index (χ3v) is 2.46. The van der Waals surface area contributed by atoms with E-state index in [0.717, 1.165) is 12.8 Å². The van der Waals surface area contributed by atoms with E-state index in [0.29, 0.717) is 0 Å². The predicted molar refractivity (Wildman–Crippen MR) is 59.5 cm³/mol. The van der Waals surface area contributed by atoms with Gasteiger partial charge in [-0.2, -0.15) is 0 Å². The lowest BCUT2D eigenvalue weighted by atomic mass is 9.82. The number of carbonyl (C=O) groups excluding carboxylic acids is 2. The normalized spacial score (nSPS) is 11.7. The molecule has 0 aliphatic carbocycles. The highest BCUT2D eigenvalue weighted by molar-refractivity contribution is 5.98. The van der Waals surface area contributed by atoms with Crippen LogP contribution in [0.3, 0.4) is 0 Å². The lowest BCUT2D eigenvalue weighted by molar-refractivity contribution is -0.145. The number of methoxy groups -OCH3 is 1. The van der Waals surface area contributed by atoms with Gasteiger partial charge in [0.15, 0.2) is 0 Å². The van der Waals surface area contributed by atoms with Gasteiger partial charge in [-0.15, -0.1) is 0 Å². The average molecular weight is 212 g/mol. The minimum atomic E-state index is -0.459. The topological polar surface area (TPSA) is 43.4 Å². The zero-order valence-electron chi connectivity index (χ0n) is 10.0. The molecule has 3 heteroatoms. The van der Waals surface area contributed by atoms with E-state index in [-0.39, 0.29) is 12.2 Å². The fraction of sp³-hybridized carbons (Fsp3) is 0.667. The van der Waals surface area contributed by atoms with Crippen molar-refractivity contribution in [3.05, 3.63) is 12.2 Å². The van der Waals surface area contributed by atoms with E-state index in [9.17, 15) is 9.59 Å². The molecule has 0 aromatic heterocycles. The van der Waals surface area contributed by atoms with Crippen LogP contribution in [0.25, 0.3) is 0 Å². The quantitative estimate of drug-likeness (QED) is 0.386. The van der Waals surface area contributed by atoms with Crippen molar-refractivity contribution >= 4 is 11.8 Å². The van der Waals surface area contributed by atoms with Gasteiger partial charge in [-0.25, -0.2) is 0 Å². The number of Topliss-reactive ketones (excluding diaryl/α,β-unsaturated/α-hetero) is 1. The zero-order chi connectivity index (χ0) is 11.9. The number of hydrogen-bond donors (Lipinski definition) is 0. The Balaban J connectivity index is 4.19. The molecule has 0 bridgehead atoms. The molecule has 0 spiro atoms. The number of hydrogen-bond acceptors (Lipinski definition) is 3. The summed E-state index contributed by atoms with van der Waals surface area (Å²) in [5, 5.41) is 0. The minimum absolute atomic E-state index is 0.0566. The Morgan fingerprint density at radius 1 is 1.33 bits per heavy atom. The summed E-state index contributed by atoms with van der Waals surface area (Å²) in [6.45, 7) is 5.67. The largest absolute Gasteiger partial charge is 0.469 e. The average Bonchev–Trinajstić information content (AvgIpc) is 2.17. The van der Waals surface area contributed by atoms with Gasteiger partial charge in [-0.05, 0) is 19.8 Å². The van der Waals surface area contributed by atoms with E-state index in [1.807, 2.05) is 32.9 Å². The Labute approximate surface area is 91.5 Å². The Bertz CT molecular complexity index is 252. The van der Waals surface area contributed by atoms with Crippen molar-refractivity contribution in [1.82, 2.24) is 0 Å². The van der Waals surface area contributed by atoms with Crippen molar-refractivity contribution in [1.29, 1.82) is 0 Å². The molecule has 0 aliphatic rings. The molecule has 0 radical (unpaired) electrons. The molecule has 0 N–H and O–H groups in total. The maximum Gasteiger partial charge on any atom is 0.313 e. The predicted octanol–water partition coefficient (Wildman–Crippen LogP) is 2.50. The van der Waals surface area contributed by atoms with Crippen LogP contribution in [0.2, 0.25) is 0 Å². The Kier molecular flexibility index (Phi) is 5.90. The van der Waals surface area contributed by atoms with Crippen molar-refractivity contribution < 1.29 is 14.3 Å². The SMILES string of the molecule is C/C=C\CCC(C)(C)C(=O)CC(=O)OC. The second-order valence-corrected chi connectivity index (χ2v) is 4.17. The van der Waals surface area contributed by atoms with Crippen LogP contribution < -0.4 is 0 Å². The fourth-order valence-electron chi connectivity index (χ4n) is 1.19. The van der Waals surface area contributed by atoms with E-state index in [4.69, 9.17) is 0 Å². The molecule has 0 fully saturated rings. The summed E-state index contributed by atoms with van der Waals surface area (Å²) >= 11 is 0. The number of rotatable bonds is 6. The van der Waals surface area contributed by atoms with Gasteiger partial charge in [0.05, 0.1) is 7.11 Å². The Morgan fingerprint density at radius 3 is 2.40 bits per heavy atom. The second kappa shape index (κ2) is 6.38. The molecule has 0 saturated carbocycles. The maximum absolute atomic E-state index is 11.7. The lowest BCUT2D eigenvalue weighted by Crippen LogP contribution is -2.26. The summed E-state index contributed by atoms with van der Waals surface area (Å²) in [6.07, 6.45) is 5.47. The van der Waals surface area contributed by atoms with Gasteiger partial charge in [0.1, 0.15) is 12.2 Å². The smallest absolute Gasteiger partial charge is 0.313 e. The fourth-order valence-corrected chi connectivity index (χ4v) is 1.19. The van der Waals surface area contributed by atoms with E-state index in [2.05, 4.69) is 4.74 Å². The van der Waals surface area contributed by atoms with Crippen LogP contribution in [0.15, 0.2) is 12.2 Å². The summed E-state index contributed by atoms with van der Waals surface area (Å²) < 4.78 is 4.47. The Hall–Kier alpha value is -1.12. The van der Waals surface area contributed by atoms with Crippen molar-refractivity contribution in [3.8, 4) is 0 Å². The first-order chi connectivity index (χ1) is 6.94. The summed E-state index contributed by atoms with van der Waals surface area (Å²) in [6, 6.07) is 0. The highest BCUT2D eigenvalue weighted by atomic mass is 16.5. The molecular weight excluding hydrogens is 192 g/mol. The van der Waals surface area contributed by atoms with Crippen molar-refractivity contribution in [2.45, 2.75) is 40.0 Å². The summed E-state index contributed by atoms with van der Waals surface area (Å²) in [5.74, 6) is -0.516. The number of carbonyl (C=O) groups is 2. The van der Waals surface area contributed by atoms with E-state index < -0.39 is 11.4 Å². The van der Waals surface area contributed by atoms with Crippen LogP contribution in [-0.4, -0.2) is 18.9 Å². The molecule has 0 rings (SSSR count). The molecule has 0 aromatic carbocycles. The molecule has 3 nitrogen and oxygen atoms in total. The van der Waals surface area contributed by atoms with Crippen molar-refractivity contribution in [3.63, 3.8) is 0 Å². The summed E-state index contributed by atoms with van der Waals surface area (Å²) in [4.78, 5) is 22.6. The second-order valence-electron chi connectivity index (χ2n) is 4.17. The minimum Gasteiger partial charge on any atom is -0.469 e. The molecule has 0 aliphatic heterocycles. The van der Waals surface area contributed by atoms with Crippen molar-refractivity contribution in [2.24, 2.45) is 5.41 Å². The van der Waals surface area contributed by atoms with Gasteiger partial charge < -0.3 is 4.74 Å². The van der Waals surface area contributed by atoms with Gasteiger partial charge in [0, 0.05) is 5.41 Å². The molecule has 0 amide bonds. The van der Waals surface area contributed by atoms with Crippen LogP contribution in [0.5, 0.6) is 0 Å². The number of ether oxygens (including phenoxy) is 1. The first kappa shape index (κ1) is 13.9. The van der Waals surface area contributed by atoms with E-state index in [1.165, 1.54) is 7.11 Å². The highest BCUT2D eigenvalue weighted by Crippen LogP contribution is 2.25. The van der Waals surface area contributed by atoms with E-state index in [1.54, 1.807) is 0 Å². The first-order valence-corrected chi connectivity index (χ1v) is 5.15. The zero-order valence-corrected chi connectivity index (χ0v) is 10.0. The molecular formula is C12H20O3. The Morgan fingerprint density at radius 2 is 1.93 bits per heavy atom. The van der Waals surface area contributed by atoms with Gasteiger partial charge in [-0.1, -0.05) is 26.0 Å². The number of ketones is 1. The molecule has 0 unspecified atom stereocenters. The monoisotopic (exact) mass is 212 g/mol. The number of allylic oxidation sites excluding steroid dienone is 2. The van der Waals surface area contributed by atoms with Crippen LogP contribution in [0, 0.1) is 5.41 Å². The van der Waals surface area contributed by atoms with Gasteiger partial charge in [0.2, 0.25) is 0 Å². The molecule has 0 saturated heterocycles. The van der Waals surface area contributed by atoms with Crippen molar-refractivity contribution in [2.75, 3.05) is 7.11 Å². The number of esters is 1. The third kappa shape index (κ3) is 5.35. The summed E-state index contributed by atoms with van der Waals surface area (Å²) in [7, 11) is 1.29. The molecule has 86 valence electrons. The lowest BCUT2D eigenvalue weighted by Gasteiger charge is -2.21. The molecule has 0 atom stereocenters. The van der Waals surface area contributed by atoms with Gasteiger partial charge in [-0.3, -0.25) is 9.59 Å². The van der Waals surface area contributed by atoms with Crippen LogP contribution >= 0.6 is 0 Å².